The first-order valence-corrected chi connectivity index (χ1v) is 7.01. The van der Waals surface area contributed by atoms with E-state index < -0.39 is 0 Å². The fraction of sp³-hybridized carbons (Fsp3) is 0.462. The second kappa shape index (κ2) is 8.05. The van der Waals surface area contributed by atoms with Gasteiger partial charge >= 0.3 is 0 Å². The van der Waals surface area contributed by atoms with E-state index in [2.05, 4.69) is 22.5 Å². The first-order chi connectivity index (χ1) is 9.06. The number of halogens is 3. The number of carbonyl (C=O) groups excluding carboxylic acids is 1. The Bertz CT molecular complexity index is 470. The van der Waals surface area contributed by atoms with Gasteiger partial charge in [-0.15, -0.1) is 12.4 Å². The van der Waals surface area contributed by atoms with Crippen LogP contribution in [-0.4, -0.2) is 43.0 Å². The van der Waals surface area contributed by atoms with Gasteiger partial charge in [-0.2, -0.15) is 0 Å². The van der Waals surface area contributed by atoms with E-state index in [9.17, 15) is 4.79 Å². The smallest absolute Gasteiger partial charge is 0.238 e. The van der Waals surface area contributed by atoms with Crippen LogP contribution in [0.15, 0.2) is 18.2 Å². The Labute approximate surface area is 135 Å². The highest BCUT2D eigenvalue weighted by molar-refractivity contribution is 6.35. The second-order valence-electron chi connectivity index (χ2n) is 4.70. The van der Waals surface area contributed by atoms with Crippen LogP contribution in [0.25, 0.3) is 0 Å². The molecule has 0 aliphatic carbocycles. The number of rotatable bonds is 3. The Balaban J connectivity index is 0.00000200. The molecule has 1 fully saturated rings. The standard InChI is InChI=1S/C13H17Cl2N3O.ClH/c1-9-7-16-4-5-18(9)8-13(19)17-12-6-10(14)2-3-11(12)15;/h2-3,6,9,16H,4-5,7-8H2,1H3,(H,17,19);1H/t9-;/m1./s1. The molecule has 0 spiro atoms. The minimum atomic E-state index is -0.0714. The third kappa shape index (κ3) is 4.79. The van der Waals surface area contributed by atoms with Crippen LogP contribution in [0.3, 0.4) is 0 Å². The highest BCUT2D eigenvalue weighted by atomic mass is 35.5. The number of nitrogens with one attached hydrogen (secondary N) is 2. The summed E-state index contributed by atoms with van der Waals surface area (Å²) in [6, 6.07) is 5.38. The molecule has 20 heavy (non-hydrogen) atoms. The summed E-state index contributed by atoms with van der Waals surface area (Å²) in [5, 5.41) is 7.14. The van der Waals surface area contributed by atoms with Crippen molar-refractivity contribution in [3.8, 4) is 0 Å². The molecule has 1 aromatic carbocycles. The third-order valence-corrected chi connectivity index (χ3v) is 3.75. The summed E-state index contributed by atoms with van der Waals surface area (Å²) in [6.07, 6.45) is 0. The normalized spacial score (nSPS) is 19.2. The fourth-order valence-electron chi connectivity index (χ4n) is 2.09. The molecule has 2 N–H and O–H groups in total. The topological polar surface area (TPSA) is 44.4 Å². The third-order valence-electron chi connectivity index (χ3n) is 3.19. The van der Waals surface area contributed by atoms with Crippen LogP contribution < -0.4 is 10.6 Å². The zero-order valence-electron chi connectivity index (χ0n) is 11.2. The van der Waals surface area contributed by atoms with E-state index in [0.717, 1.165) is 19.6 Å². The molecule has 112 valence electrons. The molecule has 7 heteroatoms. The van der Waals surface area contributed by atoms with Gasteiger partial charge in [-0.1, -0.05) is 23.2 Å². The Hall–Kier alpha value is -0.520. The second-order valence-corrected chi connectivity index (χ2v) is 5.54. The molecule has 1 heterocycles. The highest BCUT2D eigenvalue weighted by Gasteiger charge is 2.20. The van der Waals surface area contributed by atoms with Crippen LogP contribution in [0.1, 0.15) is 6.92 Å². The van der Waals surface area contributed by atoms with Gasteiger partial charge < -0.3 is 10.6 Å². The highest BCUT2D eigenvalue weighted by Crippen LogP contribution is 2.25. The monoisotopic (exact) mass is 337 g/mol. The van der Waals surface area contributed by atoms with Crippen LogP contribution in [0, 0.1) is 0 Å². The number of hydrogen-bond donors (Lipinski definition) is 2. The van der Waals surface area contributed by atoms with Crippen LogP contribution >= 0.6 is 35.6 Å². The van der Waals surface area contributed by atoms with Gasteiger partial charge in [0.25, 0.3) is 0 Å². The number of anilines is 1. The summed E-state index contributed by atoms with van der Waals surface area (Å²) < 4.78 is 0. The lowest BCUT2D eigenvalue weighted by atomic mass is 10.2. The molecule has 0 saturated carbocycles. The number of amides is 1. The van der Waals surface area contributed by atoms with Gasteiger partial charge in [0.1, 0.15) is 0 Å². The van der Waals surface area contributed by atoms with E-state index in [4.69, 9.17) is 23.2 Å². The zero-order valence-corrected chi connectivity index (χ0v) is 13.5. The van der Waals surface area contributed by atoms with E-state index in [0.29, 0.717) is 28.3 Å². The summed E-state index contributed by atoms with van der Waals surface area (Å²) in [6.45, 7) is 5.16. The average Bonchev–Trinajstić information content (AvgIpc) is 2.37. The number of hydrogen-bond acceptors (Lipinski definition) is 3. The van der Waals surface area contributed by atoms with Gasteiger partial charge in [0.2, 0.25) is 5.91 Å². The van der Waals surface area contributed by atoms with Crippen molar-refractivity contribution in [2.45, 2.75) is 13.0 Å². The molecular weight excluding hydrogens is 321 g/mol. The Morgan fingerprint density at radius 2 is 2.25 bits per heavy atom. The van der Waals surface area contributed by atoms with Crippen LogP contribution in [0.5, 0.6) is 0 Å². The van der Waals surface area contributed by atoms with Gasteiger partial charge in [0.15, 0.2) is 0 Å². The van der Waals surface area contributed by atoms with Crippen molar-refractivity contribution in [2.75, 3.05) is 31.5 Å². The lowest BCUT2D eigenvalue weighted by Gasteiger charge is -2.33. The molecule has 0 bridgehead atoms. The van der Waals surface area contributed by atoms with E-state index in [1.807, 2.05) is 0 Å². The van der Waals surface area contributed by atoms with Crippen molar-refractivity contribution in [1.29, 1.82) is 0 Å². The van der Waals surface area contributed by atoms with E-state index >= 15 is 0 Å². The molecule has 2 rings (SSSR count). The number of nitrogens with zero attached hydrogens (tertiary/aromatic N) is 1. The minimum absolute atomic E-state index is 0. The maximum absolute atomic E-state index is 12.0. The van der Waals surface area contributed by atoms with Crippen LogP contribution in [0.2, 0.25) is 10.0 Å². The van der Waals surface area contributed by atoms with Gasteiger partial charge in [0.05, 0.1) is 17.3 Å². The summed E-state index contributed by atoms with van der Waals surface area (Å²) in [4.78, 5) is 14.2. The number of carbonyl (C=O) groups is 1. The molecule has 1 aromatic rings. The van der Waals surface area contributed by atoms with Crippen molar-refractivity contribution in [2.24, 2.45) is 0 Å². The predicted molar refractivity (Wildman–Crippen MR) is 86.2 cm³/mol. The van der Waals surface area contributed by atoms with Gasteiger partial charge in [-0.25, -0.2) is 0 Å². The van der Waals surface area contributed by atoms with Crippen molar-refractivity contribution >= 4 is 47.2 Å². The average molecular weight is 339 g/mol. The number of piperazine rings is 1. The zero-order chi connectivity index (χ0) is 13.8. The van der Waals surface area contributed by atoms with Gasteiger partial charge in [-0.05, 0) is 25.1 Å². The molecule has 4 nitrogen and oxygen atoms in total. The van der Waals surface area contributed by atoms with Crippen molar-refractivity contribution in [1.82, 2.24) is 10.2 Å². The van der Waals surface area contributed by atoms with E-state index in [1.54, 1.807) is 18.2 Å². The Morgan fingerprint density at radius 3 is 2.95 bits per heavy atom. The first-order valence-electron chi connectivity index (χ1n) is 6.26. The van der Waals surface area contributed by atoms with Gasteiger partial charge in [0, 0.05) is 30.7 Å². The summed E-state index contributed by atoms with van der Waals surface area (Å²) in [5.74, 6) is -0.0714. The molecular formula is C13H18Cl3N3O. The van der Waals surface area contributed by atoms with E-state index in [1.165, 1.54) is 0 Å². The largest absolute Gasteiger partial charge is 0.324 e. The van der Waals surface area contributed by atoms with Gasteiger partial charge in [-0.3, -0.25) is 9.69 Å². The Kier molecular flexibility index (Phi) is 7.06. The molecule has 1 aliphatic rings. The molecule has 1 aliphatic heterocycles. The van der Waals surface area contributed by atoms with Crippen LogP contribution in [0.4, 0.5) is 5.69 Å². The molecule has 1 amide bonds. The Morgan fingerprint density at radius 1 is 1.50 bits per heavy atom. The number of benzene rings is 1. The minimum Gasteiger partial charge on any atom is -0.324 e. The molecule has 1 atom stereocenters. The lowest BCUT2D eigenvalue weighted by molar-refractivity contribution is -0.118. The molecule has 0 unspecified atom stereocenters. The molecule has 1 saturated heterocycles. The maximum atomic E-state index is 12.0. The summed E-state index contributed by atoms with van der Waals surface area (Å²) in [5.41, 5.74) is 0.557. The molecule has 0 aromatic heterocycles. The fourth-order valence-corrected chi connectivity index (χ4v) is 2.42. The van der Waals surface area contributed by atoms with Crippen molar-refractivity contribution in [3.05, 3.63) is 28.2 Å². The van der Waals surface area contributed by atoms with E-state index in [-0.39, 0.29) is 18.3 Å². The SMILES string of the molecule is C[C@@H]1CNCCN1CC(=O)Nc1cc(Cl)ccc1Cl.Cl. The predicted octanol–water partition coefficient (Wildman–Crippen LogP) is 2.65. The maximum Gasteiger partial charge on any atom is 0.238 e. The summed E-state index contributed by atoms with van der Waals surface area (Å²) >= 11 is 11.9. The van der Waals surface area contributed by atoms with Crippen molar-refractivity contribution in [3.63, 3.8) is 0 Å². The quantitative estimate of drug-likeness (QED) is 0.890. The first kappa shape index (κ1) is 17.5. The lowest BCUT2D eigenvalue weighted by Crippen LogP contribution is -2.51. The van der Waals surface area contributed by atoms with Crippen LogP contribution in [-0.2, 0) is 4.79 Å². The molecule has 0 radical (unpaired) electrons. The summed E-state index contributed by atoms with van der Waals surface area (Å²) in [7, 11) is 0. The van der Waals surface area contributed by atoms with Crippen molar-refractivity contribution < 1.29 is 4.79 Å².